The van der Waals surface area contributed by atoms with Crippen molar-refractivity contribution in [3.63, 3.8) is 0 Å². The maximum absolute atomic E-state index is 12.9. The van der Waals surface area contributed by atoms with E-state index in [1.54, 1.807) is 14.0 Å². The molecule has 8 nitrogen and oxygen atoms in total. The molecule has 1 saturated heterocycles. The van der Waals surface area contributed by atoms with Gasteiger partial charge in [0.15, 0.2) is 0 Å². The minimum Gasteiger partial charge on any atom is -0.497 e. The van der Waals surface area contributed by atoms with E-state index in [2.05, 4.69) is 32.6 Å². The van der Waals surface area contributed by atoms with Crippen LogP contribution >= 0.6 is 0 Å². The number of nitrogens with zero attached hydrogens (tertiary/aromatic N) is 2. The van der Waals surface area contributed by atoms with Crippen LogP contribution in [0.15, 0.2) is 65.9 Å². The third-order valence-corrected chi connectivity index (χ3v) is 5.97. The number of carbonyl (C=O) groups is 2. The quantitative estimate of drug-likeness (QED) is 0.631. The predicted molar refractivity (Wildman–Crippen MR) is 126 cm³/mol. The Bertz CT molecular complexity index is 999. The number of urea groups is 1. The fraction of sp³-hybridized carbons (Fsp3) is 0.360. The van der Waals surface area contributed by atoms with Gasteiger partial charge in [0.25, 0.3) is 0 Å². The highest BCUT2D eigenvalue weighted by Gasteiger charge is 2.34. The predicted octanol–water partition coefficient (Wildman–Crippen LogP) is 2.69. The van der Waals surface area contributed by atoms with Crippen LogP contribution in [0.25, 0.3) is 0 Å². The standard InChI is InChI=1S/C25H30N4O4/c1-3-33-24(30)22-21(26-25(31)27-23(22)18-7-5-4-6-8-18)17-28-13-15-29(16-14-28)19-9-11-20(32-2)12-10-19/h4-12,23H,3,13-17H2,1-2H3,(H2,26,27,31)/t23-/m1/s1. The summed E-state index contributed by atoms with van der Waals surface area (Å²) in [6, 6.07) is 16.7. The molecule has 0 radical (unpaired) electrons. The van der Waals surface area contributed by atoms with Gasteiger partial charge in [-0.25, -0.2) is 9.59 Å². The van der Waals surface area contributed by atoms with Gasteiger partial charge < -0.3 is 25.0 Å². The average Bonchev–Trinajstić information content (AvgIpc) is 2.85. The molecule has 2 N–H and O–H groups in total. The topological polar surface area (TPSA) is 83.1 Å². The molecule has 1 fully saturated rings. The summed E-state index contributed by atoms with van der Waals surface area (Å²) in [5, 5.41) is 5.75. The molecule has 174 valence electrons. The number of anilines is 1. The second-order valence-corrected chi connectivity index (χ2v) is 8.02. The first-order valence-corrected chi connectivity index (χ1v) is 11.2. The zero-order chi connectivity index (χ0) is 23.2. The summed E-state index contributed by atoms with van der Waals surface area (Å²) >= 11 is 0. The van der Waals surface area contributed by atoms with Crippen molar-refractivity contribution in [2.75, 3.05) is 51.3 Å². The van der Waals surface area contributed by atoms with Gasteiger partial charge in [0, 0.05) is 44.1 Å². The molecule has 0 unspecified atom stereocenters. The first-order valence-electron chi connectivity index (χ1n) is 11.2. The van der Waals surface area contributed by atoms with Gasteiger partial charge >= 0.3 is 12.0 Å². The normalized spacial score (nSPS) is 19.0. The van der Waals surface area contributed by atoms with E-state index in [9.17, 15) is 9.59 Å². The lowest BCUT2D eigenvalue weighted by atomic mass is 9.95. The van der Waals surface area contributed by atoms with Crippen LogP contribution in [-0.4, -0.2) is 63.3 Å². The monoisotopic (exact) mass is 450 g/mol. The molecular formula is C25H30N4O4. The third kappa shape index (κ3) is 5.28. The fourth-order valence-corrected chi connectivity index (χ4v) is 4.27. The Kier molecular flexibility index (Phi) is 7.14. The van der Waals surface area contributed by atoms with Gasteiger partial charge in [-0.2, -0.15) is 0 Å². The van der Waals surface area contributed by atoms with Crippen molar-refractivity contribution in [2.24, 2.45) is 0 Å². The fourth-order valence-electron chi connectivity index (χ4n) is 4.27. The van der Waals surface area contributed by atoms with Crippen molar-refractivity contribution in [1.82, 2.24) is 15.5 Å². The molecule has 33 heavy (non-hydrogen) atoms. The smallest absolute Gasteiger partial charge is 0.338 e. The summed E-state index contributed by atoms with van der Waals surface area (Å²) in [5.74, 6) is 0.427. The molecule has 2 amide bonds. The van der Waals surface area contributed by atoms with Crippen LogP contribution in [0.1, 0.15) is 18.5 Å². The minimum atomic E-state index is -0.547. The molecule has 1 atom stereocenters. The highest BCUT2D eigenvalue weighted by atomic mass is 16.5. The Morgan fingerprint density at radius 3 is 2.36 bits per heavy atom. The van der Waals surface area contributed by atoms with Gasteiger partial charge in [-0.05, 0) is 36.8 Å². The van der Waals surface area contributed by atoms with Crippen LogP contribution in [0.4, 0.5) is 10.5 Å². The molecule has 0 bridgehead atoms. The van der Waals surface area contributed by atoms with Crippen molar-refractivity contribution in [3.8, 4) is 5.75 Å². The van der Waals surface area contributed by atoms with Crippen LogP contribution in [0.5, 0.6) is 5.75 Å². The second kappa shape index (κ2) is 10.4. The van der Waals surface area contributed by atoms with Crippen LogP contribution in [0.3, 0.4) is 0 Å². The van der Waals surface area contributed by atoms with Crippen LogP contribution in [-0.2, 0) is 9.53 Å². The average molecular weight is 451 g/mol. The molecule has 2 aliphatic heterocycles. The summed E-state index contributed by atoms with van der Waals surface area (Å²) in [5.41, 5.74) is 3.06. The molecule has 0 saturated carbocycles. The Morgan fingerprint density at radius 1 is 1.03 bits per heavy atom. The lowest BCUT2D eigenvalue weighted by Gasteiger charge is -2.38. The Morgan fingerprint density at radius 2 is 1.73 bits per heavy atom. The third-order valence-electron chi connectivity index (χ3n) is 5.97. The molecule has 2 heterocycles. The molecule has 0 aromatic heterocycles. The highest BCUT2D eigenvalue weighted by Crippen LogP contribution is 2.28. The van der Waals surface area contributed by atoms with Gasteiger partial charge in [-0.3, -0.25) is 4.90 Å². The van der Waals surface area contributed by atoms with Gasteiger partial charge in [-0.15, -0.1) is 0 Å². The maximum atomic E-state index is 12.9. The van der Waals surface area contributed by atoms with E-state index in [0.717, 1.165) is 43.2 Å². The van der Waals surface area contributed by atoms with Gasteiger partial charge in [-0.1, -0.05) is 30.3 Å². The first kappa shape index (κ1) is 22.7. The summed E-state index contributed by atoms with van der Waals surface area (Å²) in [6.45, 7) is 5.84. The highest BCUT2D eigenvalue weighted by molar-refractivity contribution is 5.95. The number of benzene rings is 2. The van der Waals surface area contributed by atoms with Gasteiger partial charge in [0.1, 0.15) is 5.75 Å². The van der Waals surface area contributed by atoms with E-state index in [-0.39, 0.29) is 12.6 Å². The molecule has 0 aliphatic carbocycles. The van der Waals surface area contributed by atoms with Crippen molar-refractivity contribution in [3.05, 3.63) is 71.4 Å². The largest absolute Gasteiger partial charge is 0.497 e. The zero-order valence-electron chi connectivity index (χ0n) is 19.0. The van der Waals surface area contributed by atoms with Crippen molar-refractivity contribution >= 4 is 17.7 Å². The van der Waals surface area contributed by atoms with Crippen LogP contribution in [0, 0.1) is 0 Å². The van der Waals surface area contributed by atoms with Crippen LogP contribution < -0.4 is 20.3 Å². The number of hydrogen-bond donors (Lipinski definition) is 2. The summed E-state index contributed by atoms with van der Waals surface area (Å²) < 4.78 is 10.6. The zero-order valence-corrected chi connectivity index (χ0v) is 19.0. The van der Waals surface area contributed by atoms with Crippen LogP contribution in [0.2, 0.25) is 0 Å². The number of hydrogen-bond acceptors (Lipinski definition) is 6. The summed E-state index contributed by atoms with van der Waals surface area (Å²) in [6.07, 6.45) is 0. The lowest BCUT2D eigenvalue weighted by molar-refractivity contribution is -0.139. The number of methoxy groups -OCH3 is 1. The molecule has 2 aromatic carbocycles. The van der Waals surface area contributed by atoms with Crippen molar-refractivity contribution in [2.45, 2.75) is 13.0 Å². The van der Waals surface area contributed by atoms with E-state index in [0.29, 0.717) is 17.8 Å². The molecule has 0 spiro atoms. The minimum absolute atomic E-state index is 0.269. The molecule has 2 aromatic rings. The molecule has 4 rings (SSSR count). The van der Waals surface area contributed by atoms with E-state index < -0.39 is 12.0 Å². The second-order valence-electron chi connectivity index (χ2n) is 8.02. The Balaban J connectivity index is 1.51. The number of rotatable bonds is 7. The van der Waals surface area contributed by atoms with Crippen molar-refractivity contribution in [1.29, 1.82) is 0 Å². The van der Waals surface area contributed by atoms with E-state index in [4.69, 9.17) is 9.47 Å². The number of amides is 2. The molecular weight excluding hydrogens is 420 g/mol. The number of piperazine rings is 1. The van der Waals surface area contributed by atoms with E-state index in [1.807, 2.05) is 42.5 Å². The SMILES string of the molecule is CCOC(=O)C1=C(CN2CCN(c3ccc(OC)cc3)CC2)NC(=O)N[C@@H]1c1ccccc1. The number of esters is 1. The van der Waals surface area contributed by atoms with Crippen molar-refractivity contribution < 1.29 is 19.1 Å². The summed E-state index contributed by atoms with van der Waals surface area (Å²) in [4.78, 5) is 30.0. The van der Waals surface area contributed by atoms with Gasteiger partial charge in [0.2, 0.25) is 0 Å². The van der Waals surface area contributed by atoms with E-state index >= 15 is 0 Å². The van der Waals surface area contributed by atoms with E-state index in [1.165, 1.54) is 0 Å². The molecule has 8 heteroatoms. The molecule has 2 aliphatic rings. The number of nitrogens with one attached hydrogen (secondary N) is 2. The maximum Gasteiger partial charge on any atom is 0.338 e. The number of ether oxygens (including phenoxy) is 2. The lowest BCUT2D eigenvalue weighted by Crippen LogP contribution is -2.51. The first-order chi connectivity index (χ1) is 16.1. The summed E-state index contributed by atoms with van der Waals surface area (Å²) in [7, 11) is 1.66. The Labute approximate surface area is 194 Å². The number of carbonyl (C=O) groups excluding carboxylic acids is 2. The Hall–Kier alpha value is -3.52. The van der Waals surface area contributed by atoms with Gasteiger partial charge in [0.05, 0.1) is 25.3 Å².